The highest BCUT2D eigenvalue weighted by molar-refractivity contribution is 7.90. The normalized spacial score (nSPS) is 14.4. The van der Waals surface area contributed by atoms with Gasteiger partial charge in [0.05, 0.1) is 17.5 Å². The van der Waals surface area contributed by atoms with Gasteiger partial charge in [0.15, 0.2) is 21.5 Å². The fraction of sp³-hybridized carbons (Fsp3) is 0.444. The number of aliphatic hydroxyl groups excluding tert-OH is 1. The van der Waals surface area contributed by atoms with Crippen LogP contribution in [0.15, 0.2) is 59.0 Å². The van der Waals surface area contributed by atoms with Crippen LogP contribution in [0.5, 0.6) is 0 Å². The topological polar surface area (TPSA) is 148 Å². The Bertz CT molecular complexity index is 1300. The van der Waals surface area contributed by atoms with E-state index in [0.717, 1.165) is 0 Å². The Balaban J connectivity index is 1.81. The van der Waals surface area contributed by atoms with Crippen molar-refractivity contribution in [3.63, 3.8) is 0 Å². The lowest BCUT2D eigenvalue weighted by molar-refractivity contribution is -0.124. The monoisotopic (exact) mass is 545 g/mol. The number of benzene rings is 2. The van der Waals surface area contributed by atoms with Crippen LogP contribution in [0.4, 0.5) is 4.79 Å². The maximum atomic E-state index is 13.4. The largest absolute Gasteiger partial charge is 0.444 e. The number of oxazole rings is 1. The molecule has 2 aromatic carbocycles. The zero-order valence-corrected chi connectivity index (χ0v) is 22.8. The summed E-state index contributed by atoms with van der Waals surface area (Å²) in [5.74, 6) is -1.72. The first-order chi connectivity index (χ1) is 17.9. The highest BCUT2D eigenvalue weighted by atomic mass is 32.2. The Hall–Kier alpha value is -3.44. The van der Waals surface area contributed by atoms with Crippen LogP contribution < -0.4 is 10.6 Å². The summed E-state index contributed by atoms with van der Waals surface area (Å²) in [7, 11) is -3.83. The second-order valence-electron chi connectivity index (χ2n) is 10.1. The molecule has 206 valence electrons. The van der Waals surface area contributed by atoms with Crippen LogP contribution >= 0.6 is 0 Å². The number of nitrogens with one attached hydrogen (secondary N) is 2. The van der Waals surface area contributed by atoms with Gasteiger partial charge in [-0.05, 0) is 44.9 Å². The average molecular weight is 546 g/mol. The lowest BCUT2D eigenvalue weighted by Gasteiger charge is -2.26. The van der Waals surface area contributed by atoms with E-state index in [-0.39, 0.29) is 11.6 Å². The number of para-hydroxylation sites is 2. The van der Waals surface area contributed by atoms with Gasteiger partial charge in [0.1, 0.15) is 17.2 Å². The van der Waals surface area contributed by atoms with Crippen LogP contribution in [0, 0.1) is 0 Å². The number of sulfone groups is 1. The molecule has 0 saturated heterocycles. The number of alkyl carbamates (subject to hydrolysis) is 1. The molecule has 3 N–H and O–H groups in total. The van der Waals surface area contributed by atoms with Crippen molar-refractivity contribution in [2.24, 2.45) is 0 Å². The smallest absolute Gasteiger partial charge is 0.408 e. The lowest BCUT2D eigenvalue weighted by Crippen LogP contribution is -2.54. The van der Waals surface area contributed by atoms with Crippen molar-refractivity contribution >= 4 is 32.9 Å². The molecule has 11 heteroatoms. The second kappa shape index (κ2) is 12.4. The van der Waals surface area contributed by atoms with Gasteiger partial charge in [0.25, 0.3) is 0 Å². The van der Waals surface area contributed by atoms with E-state index in [1.807, 2.05) is 6.92 Å². The standard InChI is InChI=1S/C27H35N3O7S/c1-5-11-20(23(31)25-29-19-14-9-10-15-22(19)36-25)28-24(32)21(30-26(33)37-27(2,3)4)17-38(34,35)16-18-12-7-6-8-13-18/h6-10,12-15,20-21,23,31H,5,11,16-17H2,1-4H3,(H,28,32)(H,30,33). The third kappa shape index (κ3) is 8.56. The molecule has 3 unspecified atom stereocenters. The highest BCUT2D eigenvalue weighted by Crippen LogP contribution is 2.24. The predicted molar refractivity (Wildman–Crippen MR) is 143 cm³/mol. The minimum absolute atomic E-state index is 0.0262. The van der Waals surface area contributed by atoms with Crippen LogP contribution in [0.25, 0.3) is 11.1 Å². The predicted octanol–water partition coefficient (Wildman–Crippen LogP) is 3.65. The number of hydrogen-bond acceptors (Lipinski definition) is 8. The molecule has 0 fully saturated rings. The second-order valence-corrected chi connectivity index (χ2v) is 12.2. The molecule has 0 aliphatic rings. The Labute approximate surface area is 222 Å². The zero-order valence-electron chi connectivity index (χ0n) is 22.0. The summed E-state index contributed by atoms with van der Waals surface area (Å²) < 4.78 is 36.9. The minimum atomic E-state index is -3.83. The van der Waals surface area contributed by atoms with Gasteiger partial charge in [0.2, 0.25) is 11.8 Å². The molecule has 0 aliphatic heterocycles. The summed E-state index contributed by atoms with van der Waals surface area (Å²) in [6.45, 7) is 6.84. The molecule has 3 aromatic rings. The van der Waals surface area contributed by atoms with E-state index in [1.165, 1.54) is 0 Å². The summed E-state index contributed by atoms with van der Waals surface area (Å²) in [5.41, 5.74) is 0.737. The van der Waals surface area contributed by atoms with Crippen molar-refractivity contribution < 1.29 is 32.3 Å². The van der Waals surface area contributed by atoms with E-state index in [1.54, 1.807) is 75.4 Å². The molecule has 1 aromatic heterocycles. The Morgan fingerprint density at radius 1 is 1.05 bits per heavy atom. The number of fused-ring (bicyclic) bond motifs is 1. The van der Waals surface area contributed by atoms with Crippen LogP contribution in [-0.2, 0) is 25.1 Å². The molecule has 0 spiro atoms. The van der Waals surface area contributed by atoms with Crippen LogP contribution in [0.2, 0.25) is 0 Å². The number of ether oxygens (including phenoxy) is 1. The number of carbonyl (C=O) groups excluding carboxylic acids is 2. The highest BCUT2D eigenvalue weighted by Gasteiger charge is 2.33. The van der Waals surface area contributed by atoms with Crippen LogP contribution in [-0.4, -0.2) is 53.9 Å². The third-order valence-electron chi connectivity index (χ3n) is 5.53. The first kappa shape index (κ1) is 29.1. The van der Waals surface area contributed by atoms with Crippen molar-refractivity contribution in [1.29, 1.82) is 0 Å². The van der Waals surface area contributed by atoms with E-state index < -0.39 is 51.4 Å². The zero-order chi connectivity index (χ0) is 27.9. The molecule has 1 heterocycles. The molecule has 3 rings (SSSR count). The van der Waals surface area contributed by atoms with Gasteiger partial charge in [-0.3, -0.25) is 4.79 Å². The number of rotatable bonds is 11. The van der Waals surface area contributed by atoms with Gasteiger partial charge in [-0.15, -0.1) is 0 Å². The first-order valence-electron chi connectivity index (χ1n) is 12.4. The summed E-state index contributed by atoms with van der Waals surface area (Å²) in [6, 6.07) is 13.2. The van der Waals surface area contributed by atoms with Crippen LogP contribution in [0.3, 0.4) is 0 Å². The van der Waals surface area contributed by atoms with E-state index in [9.17, 15) is 23.1 Å². The SMILES string of the molecule is CCCC(NC(=O)C(CS(=O)(=O)Cc1ccccc1)NC(=O)OC(C)(C)C)C(O)c1nc2ccccc2o1. The summed E-state index contributed by atoms with van der Waals surface area (Å²) >= 11 is 0. The van der Waals surface area contributed by atoms with Gasteiger partial charge in [-0.2, -0.15) is 0 Å². The van der Waals surface area contributed by atoms with Gasteiger partial charge in [-0.25, -0.2) is 18.2 Å². The Morgan fingerprint density at radius 2 is 1.71 bits per heavy atom. The molecule has 38 heavy (non-hydrogen) atoms. The van der Waals surface area contributed by atoms with Crippen molar-refractivity contribution in [1.82, 2.24) is 15.6 Å². The number of aromatic nitrogens is 1. The summed E-state index contributed by atoms with van der Waals surface area (Å²) in [5, 5.41) is 16.1. The Morgan fingerprint density at radius 3 is 2.34 bits per heavy atom. The number of nitrogens with zero attached hydrogens (tertiary/aromatic N) is 1. The lowest BCUT2D eigenvalue weighted by atomic mass is 10.0. The van der Waals surface area contributed by atoms with Gasteiger partial charge >= 0.3 is 6.09 Å². The van der Waals surface area contributed by atoms with E-state index in [4.69, 9.17) is 9.15 Å². The Kier molecular flexibility index (Phi) is 9.50. The number of amides is 2. The molecule has 0 aliphatic carbocycles. The first-order valence-corrected chi connectivity index (χ1v) is 14.3. The molecule has 10 nitrogen and oxygen atoms in total. The van der Waals surface area contributed by atoms with Crippen molar-refractivity contribution in [3.8, 4) is 0 Å². The molecule has 0 saturated carbocycles. The van der Waals surface area contributed by atoms with Crippen molar-refractivity contribution in [2.45, 2.75) is 70.1 Å². The maximum absolute atomic E-state index is 13.4. The fourth-order valence-electron chi connectivity index (χ4n) is 3.87. The maximum Gasteiger partial charge on any atom is 0.408 e. The summed E-state index contributed by atoms with van der Waals surface area (Å²) in [4.78, 5) is 30.2. The van der Waals surface area contributed by atoms with Gasteiger partial charge in [0, 0.05) is 0 Å². The minimum Gasteiger partial charge on any atom is -0.444 e. The molecular weight excluding hydrogens is 510 g/mol. The molecular formula is C27H35N3O7S. The van der Waals surface area contributed by atoms with Gasteiger partial charge in [-0.1, -0.05) is 55.8 Å². The van der Waals surface area contributed by atoms with E-state index in [0.29, 0.717) is 29.5 Å². The summed E-state index contributed by atoms with van der Waals surface area (Å²) in [6.07, 6.45) is -1.28. The van der Waals surface area contributed by atoms with E-state index >= 15 is 0 Å². The number of carbonyl (C=O) groups is 2. The molecule has 3 atom stereocenters. The van der Waals surface area contributed by atoms with Crippen molar-refractivity contribution in [2.75, 3.05) is 5.75 Å². The fourth-order valence-corrected chi connectivity index (χ4v) is 5.43. The molecule has 0 bridgehead atoms. The number of aliphatic hydroxyl groups is 1. The molecule has 2 amide bonds. The van der Waals surface area contributed by atoms with Crippen molar-refractivity contribution in [3.05, 3.63) is 66.1 Å². The number of hydrogen-bond donors (Lipinski definition) is 3. The third-order valence-corrected chi connectivity index (χ3v) is 7.14. The van der Waals surface area contributed by atoms with E-state index in [2.05, 4.69) is 15.6 Å². The average Bonchev–Trinajstić information content (AvgIpc) is 3.26. The quantitative estimate of drug-likeness (QED) is 0.331. The molecule has 0 radical (unpaired) electrons. The van der Waals surface area contributed by atoms with Gasteiger partial charge < -0.3 is 24.9 Å². The van der Waals surface area contributed by atoms with Crippen LogP contribution in [0.1, 0.15) is 58.1 Å².